The van der Waals surface area contributed by atoms with Gasteiger partial charge >= 0.3 is 5.97 Å². The minimum atomic E-state index is -1.09. The van der Waals surface area contributed by atoms with Gasteiger partial charge in [0.15, 0.2) is 5.69 Å². The van der Waals surface area contributed by atoms with Crippen LogP contribution in [0.3, 0.4) is 0 Å². The summed E-state index contributed by atoms with van der Waals surface area (Å²) in [5.74, 6) is -0.162. The highest BCUT2D eigenvalue weighted by Crippen LogP contribution is 2.30. The summed E-state index contributed by atoms with van der Waals surface area (Å²) < 4.78 is 5.65. The van der Waals surface area contributed by atoms with Crippen LogP contribution in [0.15, 0.2) is 30.6 Å². The Morgan fingerprint density at radius 1 is 1.33 bits per heavy atom. The summed E-state index contributed by atoms with van der Waals surface area (Å²) in [6, 6.07) is 6.63. The van der Waals surface area contributed by atoms with Gasteiger partial charge in [0.05, 0.1) is 17.3 Å². The van der Waals surface area contributed by atoms with E-state index in [0.29, 0.717) is 29.0 Å². The van der Waals surface area contributed by atoms with Crippen molar-refractivity contribution in [3.8, 4) is 17.0 Å². The van der Waals surface area contributed by atoms with Crippen molar-refractivity contribution in [3.63, 3.8) is 0 Å². The highest BCUT2D eigenvalue weighted by molar-refractivity contribution is 6.32. The zero-order chi connectivity index (χ0) is 15.4. The molecule has 0 spiro atoms. The number of benzene rings is 1. The number of carboxylic acids is 1. The summed E-state index contributed by atoms with van der Waals surface area (Å²) in [7, 11) is 0. The number of hydrogen-bond donors (Lipinski definition) is 1. The van der Waals surface area contributed by atoms with Crippen LogP contribution in [0, 0.1) is 5.92 Å². The molecule has 0 aliphatic heterocycles. The number of nitrogens with zero attached hydrogens (tertiary/aromatic N) is 2. The van der Waals surface area contributed by atoms with Crippen molar-refractivity contribution in [3.05, 3.63) is 41.3 Å². The van der Waals surface area contributed by atoms with Gasteiger partial charge in [-0.25, -0.2) is 14.8 Å². The topological polar surface area (TPSA) is 72.3 Å². The number of rotatable bonds is 5. The van der Waals surface area contributed by atoms with E-state index in [1.807, 2.05) is 13.8 Å². The molecular weight excluding hydrogens is 292 g/mol. The minimum Gasteiger partial charge on any atom is -0.492 e. The number of hydrogen-bond acceptors (Lipinski definition) is 4. The molecule has 0 saturated heterocycles. The van der Waals surface area contributed by atoms with E-state index in [1.54, 1.807) is 18.2 Å². The fraction of sp³-hybridized carbons (Fsp3) is 0.267. The van der Waals surface area contributed by atoms with Gasteiger partial charge in [0.25, 0.3) is 0 Å². The van der Waals surface area contributed by atoms with Gasteiger partial charge in [-0.1, -0.05) is 31.5 Å². The van der Waals surface area contributed by atoms with E-state index in [-0.39, 0.29) is 5.69 Å². The Kier molecular flexibility index (Phi) is 4.75. The molecule has 5 nitrogen and oxygen atoms in total. The molecule has 0 unspecified atom stereocenters. The lowest BCUT2D eigenvalue weighted by atomic mass is 10.1. The van der Waals surface area contributed by atoms with Gasteiger partial charge < -0.3 is 9.84 Å². The maximum Gasteiger partial charge on any atom is 0.354 e. The lowest BCUT2D eigenvalue weighted by Gasteiger charge is -2.11. The number of carboxylic acid groups (broad SMARTS) is 1. The first-order valence-corrected chi connectivity index (χ1v) is 6.83. The van der Waals surface area contributed by atoms with E-state index in [1.165, 1.54) is 12.4 Å². The zero-order valence-corrected chi connectivity index (χ0v) is 12.5. The maximum absolute atomic E-state index is 10.9. The van der Waals surface area contributed by atoms with Crippen molar-refractivity contribution in [1.82, 2.24) is 9.97 Å². The third-order valence-electron chi connectivity index (χ3n) is 2.69. The molecule has 1 aromatic carbocycles. The highest BCUT2D eigenvalue weighted by atomic mass is 35.5. The summed E-state index contributed by atoms with van der Waals surface area (Å²) in [5, 5.41) is 9.47. The van der Waals surface area contributed by atoms with Crippen LogP contribution in [0.5, 0.6) is 5.75 Å². The van der Waals surface area contributed by atoms with Gasteiger partial charge in [-0.15, -0.1) is 0 Å². The van der Waals surface area contributed by atoms with Crippen molar-refractivity contribution < 1.29 is 14.6 Å². The Hall–Kier alpha value is -2.14. The van der Waals surface area contributed by atoms with E-state index >= 15 is 0 Å². The van der Waals surface area contributed by atoms with Crippen LogP contribution >= 0.6 is 11.6 Å². The lowest BCUT2D eigenvalue weighted by Crippen LogP contribution is -2.05. The van der Waals surface area contributed by atoms with Crippen molar-refractivity contribution >= 4 is 17.6 Å². The summed E-state index contributed by atoms with van der Waals surface area (Å²) in [6.45, 7) is 4.63. The lowest BCUT2D eigenvalue weighted by molar-refractivity contribution is 0.0690. The molecule has 0 aliphatic carbocycles. The fourth-order valence-electron chi connectivity index (χ4n) is 1.66. The predicted molar refractivity (Wildman–Crippen MR) is 79.8 cm³/mol. The van der Waals surface area contributed by atoms with Crippen LogP contribution in [0.1, 0.15) is 24.3 Å². The monoisotopic (exact) mass is 306 g/mol. The van der Waals surface area contributed by atoms with Gasteiger partial charge in [0, 0.05) is 5.56 Å². The van der Waals surface area contributed by atoms with Crippen LogP contribution in [0.4, 0.5) is 0 Å². The first kappa shape index (κ1) is 15.3. The van der Waals surface area contributed by atoms with Gasteiger partial charge in [0.2, 0.25) is 0 Å². The second kappa shape index (κ2) is 6.54. The average Bonchev–Trinajstić information content (AvgIpc) is 2.46. The number of ether oxygens (including phenoxy) is 1. The number of halogens is 1. The Morgan fingerprint density at radius 3 is 2.76 bits per heavy atom. The third kappa shape index (κ3) is 3.92. The number of aromatic nitrogens is 2. The van der Waals surface area contributed by atoms with Crippen molar-refractivity contribution in [1.29, 1.82) is 0 Å². The first-order valence-electron chi connectivity index (χ1n) is 6.45. The summed E-state index contributed by atoms with van der Waals surface area (Å²) in [5.41, 5.74) is 1.18. The van der Waals surface area contributed by atoms with Gasteiger partial charge in [0.1, 0.15) is 12.1 Å². The fourth-order valence-corrected chi connectivity index (χ4v) is 1.83. The average molecular weight is 307 g/mol. The molecule has 1 N–H and O–H groups in total. The van der Waals surface area contributed by atoms with Crippen molar-refractivity contribution in [2.45, 2.75) is 13.8 Å². The van der Waals surface area contributed by atoms with E-state index in [2.05, 4.69) is 9.97 Å². The van der Waals surface area contributed by atoms with E-state index < -0.39 is 5.97 Å². The second-order valence-electron chi connectivity index (χ2n) is 4.94. The van der Waals surface area contributed by atoms with Gasteiger partial charge in [-0.2, -0.15) is 0 Å². The molecule has 0 saturated carbocycles. The molecule has 0 fully saturated rings. The predicted octanol–water partition coefficient (Wildman–Crippen LogP) is 3.53. The molecule has 110 valence electrons. The van der Waals surface area contributed by atoms with E-state index in [9.17, 15) is 4.79 Å². The highest BCUT2D eigenvalue weighted by Gasteiger charge is 2.10. The molecule has 21 heavy (non-hydrogen) atoms. The van der Waals surface area contributed by atoms with Gasteiger partial charge in [-0.3, -0.25) is 0 Å². The first-order chi connectivity index (χ1) is 9.97. The molecular formula is C15H15ClN2O3. The van der Waals surface area contributed by atoms with Crippen LogP contribution in [-0.4, -0.2) is 27.7 Å². The van der Waals surface area contributed by atoms with Crippen LogP contribution in [0.25, 0.3) is 11.3 Å². The zero-order valence-electron chi connectivity index (χ0n) is 11.7. The molecule has 0 amide bonds. The molecule has 0 radical (unpaired) electrons. The molecule has 2 rings (SSSR count). The standard InChI is InChI=1S/C15H15ClN2O3/c1-9(2)7-21-14-5-10(3-4-11(14)16)12-6-13(15(19)20)18-8-17-12/h3-6,8-9H,7H2,1-2H3,(H,19,20). The van der Waals surface area contributed by atoms with E-state index in [4.69, 9.17) is 21.4 Å². The molecule has 0 bridgehead atoms. The molecule has 2 aromatic rings. The largest absolute Gasteiger partial charge is 0.492 e. The van der Waals surface area contributed by atoms with Crippen LogP contribution in [-0.2, 0) is 0 Å². The SMILES string of the molecule is CC(C)COc1cc(-c2cc(C(=O)O)ncn2)ccc1Cl. The Bertz CT molecular complexity index is 659. The molecule has 6 heteroatoms. The smallest absolute Gasteiger partial charge is 0.354 e. The second-order valence-corrected chi connectivity index (χ2v) is 5.35. The number of carbonyl (C=O) groups is 1. The maximum atomic E-state index is 10.9. The normalized spacial score (nSPS) is 10.7. The number of aromatic carboxylic acids is 1. The quantitative estimate of drug-likeness (QED) is 0.915. The van der Waals surface area contributed by atoms with E-state index in [0.717, 1.165) is 5.56 Å². The molecule has 0 aliphatic rings. The molecule has 1 heterocycles. The Morgan fingerprint density at radius 2 is 2.10 bits per heavy atom. The van der Waals surface area contributed by atoms with Crippen molar-refractivity contribution in [2.75, 3.05) is 6.61 Å². The molecule has 1 aromatic heterocycles. The minimum absolute atomic E-state index is 0.0559. The van der Waals surface area contributed by atoms with Gasteiger partial charge in [-0.05, 0) is 24.1 Å². The molecule has 0 atom stereocenters. The Balaban J connectivity index is 2.34. The summed E-state index contributed by atoms with van der Waals surface area (Å²) in [6.07, 6.45) is 1.22. The van der Waals surface area contributed by atoms with Crippen LogP contribution in [0.2, 0.25) is 5.02 Å². The summed E-state index contributed by atoms with van der Waals surface area (Å²) >= 11 is 6.10. The Labute approximate surface area is 127 Å². The van der Waals surface area contributed by atoms with Crippen LogP contribution < -0.4 is 4.74 Å². The third-order valence-corrected chi connectivity index (χ3v) is 3.00. The van der Waals surface area contributed by atoms with Crippen molar-refractivity contribution in [2.24, 2.45) is 5.92 Å². The summed E-state index contributed by atoms with van der Waals surface area (Å²) in [4.78, 5) is 18.7.